The smallest absolute Gasteiger partial charge is 0.255 e. The summed E-state index contributed by atoms with van der Waals surface area (Å²) in [5.74, 6) is 0.610. The van der Waals surface area contributed by atoms with Crippen LogP contribution in [0, 0.1) is 5.92 Å². The van der Waals surface area contributed by atoms with Gasteiger partial charge in [0.2, 0.25) is 11.8 Å². The van der Waals surface area contributed by atoms with E-state index in [4.69, 9.17) is 25.8 Å². The Morgan fingerprint density at radius 3 is 2.30 bits per heavy atom. The predicted molar refractivity (Wildman–Crippen MR) is 170 cm³/mol. The molecule has 2 aliphatic rings. The van der Waals surface area contributed by atoms with Crippen LogP contribution in [0.25, 0.3) is 0 Å². The largest absolute Gasteiger partial charge is 0.497 e. The Morgan fingerprint density at radius 2 is 1.64 bits per heavy atom. The summed E-state index contributed by atoms with van der Waals surface area (Å²) in [4.78, 5) is 44.3. The second-order valence-corrected chi connectivity index (χ2v) is 11.6. The summed E-state index contributed by atoms with van der Waals surface area (Å²) in [5.41, 5.74) is 2.25. The lowest BCUT2D eigenvalue weighted by atomic mass is 9.83. The van der Waals surface area contributed by atoms with Crippen molar-refractivity contribution >= 4 is 40.7 Å². The number of rotatable bonds is 8. The molecule has 3 aromatic rings. The Bertz CT molecular complexity index is 1530. The zero-order chi connectivity index (χ0) is 31.4. The van der Waals surface area contributed by atoms with Gasteiger partial charge >= 0.3 is 0 Å². The van der Waals surface area contributed by atoms with Crippen LogP contribution in [0.3, 0.4) is 0 Å². The van der Waals surface area contributed by atoms with Crippen molar-refractivity contribution in [2.45, 2.75) is 51.1 Å². The molecule has 44 heavy (non-hydrogen) atoms. The van der Waals surface area contributed by atoms with Crippen LogP contribution < -0.4 is 24.4 Å². The normalized spacial score (nSPS) is 20.2. The maximum absolute atomic E-state index is 14.0. The van der Waals surface area contributed by atoms with Crippen molar-refractivity contribution in [2.75, 3.05) is 38.1 Å². The summed E-state index contributed by atoms with van der Waals surface area (Å²) in [6.45, 7) is 2.76. The number of piperidine rings is 2. The molecule has 232 valence electrons. The zero-order valence-electron chi connectivity index (χ0n) is 25.5. The lowest BCUT2D eigenvalue weighted by Crippen LogP contribution is -2.47. The van der Waals surface area contributed by atoms with Gasteiger partial charge in [0.25, 0.3) is 5.91 Å². The van der Waals surface area contributed by atoms with Crippen molar-refractivity contribution in [3.63, 3.8) is 0 Å². The van der Waals surface area contributed by atoms with Gasteiger partial charge in [0.1, 0.15) is 5.75 Å². The van der Waals surface area contributed by atoms with E-state index in [1.807, 2.05) is 23.1 Å². The number of likely N-dealkylation sites (tertiary alicyclic amines) is 1. The highest BCUT2D eigenvalue weighted by atomic mass is 35.5. The average Bonchev–Trinajstić information content (AvgIpc) is 3.04. The Labute approximate surface area is 263 Å². The molecule has 2 saturated heterocycles. The van der Waals surface area contributed by atoms with Crippen molar-refractivity contribution in [2.24, 2.45) is 5.92 Å². The van der Waals surface area contributed by atoms with Crippen molar-refractivity contribution in [1.29, 1.82) is 0 Å². The number of carbonyl (C=O) groups excluding carboxylic acids is 3. The number of nitrogens with one attached hydrogen (secondary N) is 1. The number of halogens is 1. The Kier molecular flexibility index (Phi) is 9.64. The fraction of sp³-hybridized carbons (Fsp3) is 0.382. The van der Waals surface area contributed by atoms with E-state index in [2.05, 4.69) is 12.2 Å². The molecule has 3 unspecified atom stereocenters. The number of benzene rings is 3. The van der Waals surface area contributed by atoms with Crippen molar-refractivity contribution in [3.05, 3.63) is 76.8 Å². The van der Waals surface area contributed by atoms with Crippen LogP contribution in [0.2, 0.25) is 5.02 Å². The van der Waals surface area contributed by atoms with Gasteiger partial charge in [-0.2, -0.15) is 0 Å². The fourth-order valence-electron chi connectivity index (χ4n) is 6.19. The van der Waals surface area contributed by atoms with E-state index in [-0.39, 0.29) is 35.2 Å². The molecule has 3 aromatic carbocycles. The lowest BCUT2D eigenvalue weighted by Gasteiger charge is -2.41. The Morgan fingerprint density at radius 1 is 0.886 bits per heavy atom. The molecule has 9 nitrogen and oxygen atoms in total. The highest BCUT2D eigenvalue weighted by Crippen LogP contribution is 2.43. The summed E-state index contributed by atoms with van der Waals surface area (Å²) in [7, 11) is 4.68. The highest BCUT2D eigenvalue weighted by molar-refractivity contribution is 6.34. The third kappa shape index (κ3) is 6.33. The monoisotopic (exact) mass is 619 g/mol. The van der Waals surface area contributed by atoms with Gasteiger partial charge < -0.3 is 29.3 Å². The third-order valence-electron chi connectivity index (χ3n) is 8.56. The van der Waals surface area contributed by atoms with E-state index >= 15 is 0 Å². The van der Waals surface area contributed by atoms with Gasteiger partial charge in [0, 0.05) is 30.4 Å². The lowest BCUT2D eigenvalue weighted by molar-refractivity contribution is -0.125. The van der Waals surface area contributed by atoms with E-state index in [1.165, 1.54) is 0 Å². The average molecular weight is 620 g/mol. The first kappa shape index (κ1) is 31.2. The molecule has 3 amide bonds. The van der Waals surface area contributed by atoms with E-state index in [1.54, 1.807) is 68.7 Å². The molecule has 0 saturated carbocycles. The van der Waals surface area contributed by atoms with Crippen LogP contribution in [0.4, 0.5) is 11.4 Å². The van der Waals surface area contributed by atoms with Crippen molar-refractivity contribution in [3.8, 4) is 17.2 Å². The number of anilines is 2. The molecule has 0 aliphatic carbocycles. The predicted octanol–water partition coefficient (Wildman–Crippen LogP) is 6.50. The van der Waals surface area contributed by atoms with E-state index in [0.717, 1.165) is 24.8 Å². The molecule has 1 N–H and O–H groups in total. The first-order valence-corrected chi connectivity index (χ1v) is 15.2. The van der Waals surface area contributed by atoms with Crippen LogP contribution in [-0.2, 0) is 9.59 Å². The number of methoxy groups -OCH3 is 3. The molecular formula is C34H38ClN3O6. The molecule has 2 aliphatic heterocycles. The molecule has 0 bridgehead atoms. The van der Waals surface area contributed by atoms with Gasteiger partial charge in [-0.3, -0.25) is 14.4 Å². The molecule has 0 spiro atoms. The fourth-order valence-corrected chi connectivity index (χ4v) is 6.45. The zero-order valence-corrected chi connectivity index (χ0v) is 26.2. The van der Waals surface area contributed by atoms with Gasteiger partial charge in [0.15, 0.2) is 11.5 Å². The van der Waals surface area contributed by atoms with Gasteiger partial charge in [-0.05, 0) is 92.8 Å². The topological polar surface area (TPSA) is 97.4 Å². The first-order valence-electron chi connectivity index (χ1n) is 14.8. The summed E-state index contributed by atoms with van der Waals surface area (Å²) in [6, 6.07) is 17.1. The first-order chi connectivity index (χ1) is 21.2. The minimum atomic E-state index is -0.638. The summed E-state index contributed by atoms with van der Waals surface area (Å²) >= 11 is 6.61. The maximum Gasteiger partial charge on any atom is 0.255 e. The number of hydrogen-bond donors (Lipinski definition) is 1. The van der Waals surface area contributed by atoms with Crippen molar-refractivity contribution < 1.29 is 28.6 Å². The van der Waals surface area contributed by atoms with E-state index in [9.17, 15) is 14.4 Å². The van der Waals surface area contributed by atoms with Gasteiger partial charge in [0.05, 0.1) is 43.9 Å². The molecule has 5 rings (SSSR count). The van der Waals surface area contributed by atoms with Gasteiger partial charge in [-0.1, -0.05) is 17.7 Å². The quantitative estimate of drug-likeness (QED) is 0.309. The molecule has 0 radical (unpaired) electrons. The second kappa shape index (κ2) is 13.6. The SMILES string of the molecule is COc1ccc(N2C(=O)CCC(C(=O)Nc3ccc(C(=O)N4CCCCC4C)c(Cl)c3)C2c2ccc(OC)c(OC)c2)cc1. The molecule has 10 heteroatoms. The summed E-state index contributed by atoms with van der Waals surface area (Å²) in [5, 5.41) is 3.28. The van der Waals surface area contributed by atoms with Crippen LogP contribution in [0.5, 0.6) is 17.2 Å². The number of carbonyl (C=O) groups is 3. The van der Waals surface area contributed by atoms with Gasteiger partial charge in [-0.15, -0.1) is 0 Å². The van der Waals surface area contributed by atoms with Crippen LogP contribution in [0.15, 0.2) is 60.7 Å². The Balaban J connectivity index is 1.46. The number of ether oxygens (including phenoxy) is 3. The molecular weight excluding hydrogens is 582 g/mol. The molecule has 2 fully saturated rings. The molecule has 2 heterocycles. The number of hydrogen-bond acceptors (Lipinski definition) is 6. The maximum atomic E-state index is 14.0. The van der Waals surface area contributed by atoms with Crippen LogP contribution >= 0.6 is 11.6 Å². The number of amides is 3. The van der Waals surface area contributed by atoms with Gasteiger partial charge in [-0.25, -0.2) is 0 Å². The third-order valence-corrected chi connectivity index (χ3v) is 8.88. The van der Waals surface area contributed by atoms with Crippen LogP contribution in [-0.4, -0.2) is 56.5 Å². The summed E-state index contributed by atoms with van der Waals surface area (Å²) in [6.07, 6.45) is 3.58. The van der Waals surface area contributed by atoms with Crippen molar-refractivity contribution in [1.82, 2.24) is 4.90 Å². The Hall–Kier alpha value is -4.24. The minimum absolute atomic E-state index is 0.100. The minimum Gasteiger partial charge on any atom is -0.497 e. The standard InChI is InChI=1S/C34H38ClN3O6/c1-21-7-5-6-18-37(21)34(41)26-14-9-23(20-28(26)35)36-33(40)27-15-17-31(39)38(24-10-12-25(42-2)13-11-24)32(27)22-8-16-29(43-3)30(19-22)44-4/h8-14,16,19-21,27,32H,5-7,15,17-18H2,1-4H3,(H,36,40). The second-order valence-electron chi connectivity index (χ2n) is 11.2. The molecule has 3 atom stereocenters. The van der Waals surface area contributed by atoms with E-state index < -0.39 is 12.0 Å². The molecule has 0 aromatic heterocycles. The van der Waals surface area contributed by atoms with Crippen LogP contribution in [0.1, 0.15) is 61.0 Å². The number of nitrogens with zero attached hydrogens (tertiary/aromatic N) is 2. The highest BCUT2D eigenvalue weighted by Gasteiger charge is 2.42. The summed E-state index contributed by atoms with van der Waals surface area (Å²) < 4.78 is 16.3. The van der Waals surface area contributed by atoms with E-state index in [0.29, 0.717) is 47.2 Å².